The molecule has 1 aliphatic heterocycles. The van der Waals surface area contributed by atoms with E-state index in [1.54, 1.807) is 0 Å². The Labute approximate surface area is 235 Å². The van der Waals surface area contributed by atoms with Crippen molar-refractivity contribution >= 4 is 29.4 Å². The number of phosphoric acid groups is 1. The van der Waals surface area contributed by atoms with E-state index >= 15 is 0 Å². The number of phosphoric ester groups is 1. The van der Waals surface area contributed by atoms with E-state index in [1.165, 1.54) is 0 Å². The first-order valence-electron chi connectivity index (χ1n) is 12.0. The number of hydrogen-bond donors (Lipinski definition) is 0. The Balaban J connectivity index is 0.00000264. The van der Waals surface area contributed by atoms with E-state index in [0.29, 0.717) is 22.3 Å². The second kappa shape index (κ2) is 9.59. The fourth-order valence-electron chi connectivity index (χ4n) is 5.25. The molecule has 7 rings (SSSR count). The van der Waals surface area contributed by atoms with Crippen molar-refractivity contribution in [3.63, 3.8) is 0 Å². The Morgan fingerprint density at radius 1 is 0.526 bits per heavy atom. The van der Waals surface area contributed by atoms with Crippen LogP contribution in [0.2, 0.25) is 0 Å². The van der Waals surface area contributed by atoms with Crippen molar-refractivity contribution in [3.8, 4) is 44.9 Å². The molecule has 0 bridgehead atoms. The van der Waals surface area contributed by atoms with Crippen molar-refractivity contribution in [2.75, 3.05) is 0 Å². The van der Waals surface area contributed by atoms with Gasteiger partial charge in [0.2, 0.25) is 0 Å². The van der Waals surface area contributed by atoms with Gasteiger partial charge in [-0.15, -0.1) is 0 Å². The molecule has 0 amide bonds. The zero-order valence-electron chi connectivity index (χ0n) is 19.9. The maximum atomic E-state index is 13.4. The molecule has 0 radical (unpaired) electrons. The Morgan fingerprint density at radius 2 is 0.895 bits per heavy atom. The zero-order chi connectivity index (χ0) is 25.0. The smallest absolute Gasteiger partial charge is 0.736 e. The van der Waals surface area contributed by atoms with Crippen LogP contribution >= 0.6 is 7.82 Å². The van der Waals surface area contributed by atoms with Gasteiger partial charge in [0, 0.05) is 22.3 Å². The van der Waals surface area contributed by atoms with Gasteiger partial charge in [0.05, 0.1) is 0 Å². The molecule has 0 saturated heterocycles. The van der Waals surface area contributed by atoms with Gasteiger partial charge in [-0.1, -0.05) is 109 Å². The van der Waals surface area contributed by atoms with E-state index in [1.807, 2.05) is 121 Å². The van der Waals surface area contributed by atoms with Gasteiger partial charge in [-0.05, 0) is 44.8 Å². The summed E-state index contributed by atoms with van der Waals surface area (Å²) < 4.78 is 25.1. The zero-order valence-corrected chi connectivity index (χ0v) is 22.3. The standard InChI is InChI=1S/C32H21O4P.Ag/c33-37(34)35-31-27(21-11-3-1-4-12-21)19-23-15-7-9-17-25(23)29(31)30-26-18-10-8-16-24(26)20-28(32(30)36-37)22-13-5-2-6-14-22;/h1-20H,(H,33,34);/q;+1/p-1. The Morgan fingerprint density at radius 3 is 1.32 bits per heavy atom. The summed E-state index contributed by atoms with van der Waals surface area (Å²) in [7, 11) is -4.80. The van der Waals surface area contributed by atoms with Crippen molar-refractivity contribution in [1.82, 2.24) is 0 Å². The van der Waals surface area contributed by atoms with Crippen molar-refractivity contribution < 1.29 is 40.9 Å². The fourth-order valence-corrected chi connectivity index (χ4v) is 6.11. The van der Waals surface area contributed by atoms with Gasteiger partial charge in [0.25, 0.3) is 0 Å². The molecule has 188 valence electrons. The quantitative estimate of drug-likeness (QED) is 0.147. The molecule has 6 aromatic rings. The minimum atomic E-state index is -4.80. The van der Waals surface area contributed by atoms with E-state index < -0.39 is 7.82 Å². The SMILES string of the molecule is O=P1([O-])Oc2c(-c3ccccc3)cc3ccccc3c2-c2c(c(-c3ccccc3)cc3ccccc23)O1.[Ag+]. The van der Waals surface area contributed by atoms with Gasteiger partial charge in [0.1, 0.15) is 11.5 Å². The molecule has 0 aliphatic carbocycles. The first-order chi connectivity index (χ1) is 18.1. The van der Waals surface area contributed by atoms with Crippen LogP contribution in [0.25, 0.3) is 54.9 Å². The number of hydrogen-bond acceptors (Lipinski definition) is 4. The predicted octanol–water partition coefficient (Wildman–Crippen LogP) is 8.23. The molecule has 4 nitrogen and oxygen atoms in total. The van der Waals surface area contributed by atoms with Crippen LogP contribution in [-0.4, -0.2) is 0 Å². The Hall–Kier alpha value is -3.63. The van der Waals surface area contributed by atoms with Gasteiger partial charge in [-0.25, -0.2) is 4.57 Å². The van der Waals surface area contributed by atoms with Crippen molar-refractivity contribution in [2.24, 2.45) is 0 Å². The third kappa shape index (κ3) is 4.08. The summed E-state index contributed by atoms with van der Waals surface area (Å²) in [5, 5.41) is 3.73. The molecule has 0 spiro atoms. The van der Waals surface area contributed by atoms with E-state index in [-0.39, 0.29) is 33.9 Å². The van der Waals surface area contributed by atoms with E-state index in [9.17, 15) is 9.46 Å². The second-order valence-corrected chi connectivity index (χ2v) is 10.3. The first-order valence-corrected chi connectivity index (χ1v) is 13.5. The molecule has 38 heavy (non-hydrogen) atoms. The number of rotatable bonds is 2. The molecule has 6 heteroatoms. The summed E-state index contributed by atoms with van der Waals surface area (Å²) in [4.78, 5) is 13.4. The van der Waals surface area contributed by atoms with Crippen LogP contribution in [0.15, 0.2) is 121 Å². The number of fused-ring (bicyclic) bond motifs is 7. The molecule has 0 unspecified atom stereocenters. The molecular formula is C32H20AgO4P. The van der Waals surface area contributed by atoms with Crippen LogP contribution in [0, 0.1) is 0 Å². The molecule has 0 aromatic heterocycles. The first kappa shape index (κ1) is 24.7. The Kier molecular flexibility index (Phi) is 6.23. The van der Waals surface area contributed by atoms with E-state index in [0.717, 1.165) is 32.7 Å². The summed E-state index contributed by atoms with van der Waals surface area (Å²) in [6.07, 6.45) is 0. The summed E-state index contributed by atoms with van der Waals surface area (Å²) in [5.41, 5.74) is 4.50. The maximum Gasteiger partial charge on any atom is 1.00 e. The summed E-state index contributed by atoms with van der Waals surface area (Å²) >= 11 is 0. The summed E-state index contributed by atoms with van der Waals surface area (Å²) in [6, 6.07) is 39.3. The van der Waals surface area contributed by atoms with Crippen LogP contribution in [0.4, 0.5) is 0 Å². The monoisotopic (exact) mass is 606 g/mol. The average Bonchev–Trinajstić information content (AvgIpc) is 3.06. The van der Waals surface area contributed by atoms with Crippen LogP contribution in [0.1, 0.15) is 0 Å². The third-order valence-electron chi connectivity index (χ3n) is 6.83. The fraction of sp³-hybridized carbons (Fsp3) is 0. The van der Waals surface area contributed by atoms with Gasteiger partial charge in [-0.2, -0.15) is 0 Å². The summed E-state index contributed by atoms with van der Waals surface area (Å²) in [6.45, 7) is 0. The maximum absolute atomic E-state index is 13.4. The second-order valence-electron chi connectivity index (χ2n) is 9.06. The minimum absolute atomic E-state index is 0. The molecule has 1 heterocycles. The third-order valence-corrected chi connectivity index (χ3v) is 7.64. The average molecular weight is 607 g/mol. The van der Waals surface area contributed by atoms with Crippen LogP contribution in [0.3, 0.4) is 0 Å². The molecule has 0 saturated carbocycles. The topological polar surface area (TPSA) is 58.6 Å². The molecule has 0 atom stereocenters. The molecule has 0 fully saturated rings. The molecular weight excluding hydrogens is 587 g/mol. The minimum Gasteiger partial charge on any atom is -0.736 e. The largest absolute Gasteiger partial charge is 1.00 e. The van der Waals surface area contributed by atoms with Crippen LogP contribution < -0.4 is 13.9 Å². The van der Waals surface area contributed by atoms with Crippen molar-refractivity contribution in [1.29, 1.82) is 0 Å². The van der Waals surface area contributed by atoms with Gasteiger partial charge < -0.3 is 13.9 Å². The van der Waals surface area contributed by atoms with E-state index in [2.05, 4.69) is 0 Å². The van der Waals surface area contributed by atoms with Crippen molar-refractivity contribution in [3.05, 3.63) is 121 Å². The normalized spacial score (nSPS) is 13.4. The van der Waals surface area contributed by atoms with Crippen molar-refractivity contribution in [2.45, 2.75) is 0 Å². The Bertz CT molecular complexity index is 1740. The molecule has 6 aromatic carbocycles. The molecule has 0 N–H and O–H groups in total. The van der Waals surface area contributed by atoms with Crippen LogP contribution in [0.5, 0.6) is 11.5 Å². The molecule has 1 aliphatic rings. The predicted molar refractivity (Wildman–Crippen MR) is 147 cm³/mol. The van der Waals surface area contributed by atoms with Gasteiger partial charge in [0.15, 0.2) is 0 Å². The summed E-state index contributed by atoms with van der Waals surface area (Å²) in [5.74, 6) is 0.551. The van der Waals surface area contributed by atoms with E-state index in [4.69, 9.17) is 9.05 Å². The number of benzene rings is 6. The van der Waals surface area contributed by atoms with Crippen LogP contribution in [-0.2, 0) is 26.9 Å². The van der Waals surface area contributed by atoms with Gasteiger partial charge in [-0.3, -0.25) is 0 Å². The van der Waals surface area contributed by atoms with Gasteiger partial charge >= 0.3 is 30.2 Å².